The molecule has 98 valence electrons. The summed E-state index contributed by atoms with van der Waals surface area (Å²) in [6.07, 6.45) is 0. The van der Waals surface area contributed by atoms with Crippen molar-refractivity contribution in [1.29, 1.82) is 0 Å². The summed E-state index contributed by atoms with van der Waals surface area (Å²) in [5.41, 5.74) is 0.120. The van der Waals surface area contributed by atoms with Crippen molar-refractivity contribution in [3.05, 3.63) is 0 Å². The Morgan fingerprint density at radius 2 is 1.81 bits per heavy atom. The van der Waals surface area contributed by atoms with E-state index in [0.29, 0.717) is 6.04 Å². The SMILES string of the molecule is CN=C(NCC(C)(C)N(C)C)NC(C)C.I. The quantitative estimate of drug-likeness (QED) is 0.462. The Bertz CT molecular complexity index is 212. The number of nitrogens with one attached hydrogen (secondary N) is 2. The van der Waals surface area contributed by atoms with Crippen LogP contribution in [0.15, 0.2) is 4.99 Å². The van der Waals surface area contributed by atoms with Gasteiger partial charge in [0.1, 0.15) is 0 Å². The van der Waals surface area contributed by atoms with Gasteiger partial charge in [0.15, 0.2) is 5.96 Å². The smallest absolute Gasteiger partial charge is 0.191 e. The summed E-state index contributed by atoms with van der Waals surface area (Å²) in [6.45, 7) is 9.46. The first-order valence-electron chi connectivity index (χ1n) is 5.44. The number of rotatable bonds is 4. The van der Waals surface area contributed by atoms with Crippen molar-refractivity contribution >= 4 is 29.9 Å². The van der Waals surface area contributed by atoms with E-state index < -0.39 is 0 Å². The topological polar surface area (TPSA) is 39.7 Å². The second-order valence-electron chi connectivity index (χ2n) is 4.93. The third-order valence-electron chi connectivity index (χ3n) is 2.55. The van der Waals surface area contributed by atoms with Gasteiger partial charge in [-0.2, -0.15) is 0 Å². The molecule has 0 heterocycles. The average Bonchev–Trinajstić information content (AvgIpc) is 2.11. The molecule has 0 rings (SSSR count). The fourth-order valence-electron chi connectivity index (χ4n) is 0.926. The Morgan fingerprint density at radius 3 is 2.12 bits per heavy atom. The largest absolute Gasteiger partial charge is 0.355 e. The van der Waals surface area contributed by atoms with Crippen LogP contribution in [0.2, 0.25) is 0 Å². The van der Waals surface area contributed by atoms with Crippen LogP contribution in [0, 0.1) is 0 Å². The van der Waals surface area contributed by atoms with Gasteiger partial charge in [-0.25, -0.2) is 0 Å². The number of likely N-dealkylation sites (N-methyl/N-ethyl adjacent to an activating group) is 1. The number of aliphatic imine (C=N–C) groups is 1. The molecule has 0 unspecified atom stereocenters. The number of nitrogens with zero attached hydrogens (tertiary/aromatic N) is 2. The van der Waals surface area contributed by atoms with E-state index in [9.17, 15) is 0 Å². The highest BCUT2D eigenvalue weighted by Gasteiger charge is 2.20. The van der Waals surface area contributed by atoms with Crippen molar-refractivity contribution in [1.82, 2.24) is 15.5 Å². The lowest BCUT2D eigenvalue weighted by molar-refractivity contribution is 0.197. The van der Waals surface area contributed by atoms with E-state index in [4.69, 9.17) is 0 Å². The van der Waals surface area contributed by atoms with Gasteiger partial charge in [0.05, 0.1) is 0 Å². The molecule has 0 amide bonds. The maximum absolute atomic E-state index is 4.17. The van der Waals surface area contributed by atoms with Crippen LogP contribution in [0.1, 0.15) is 27.7 Å². The van der Waals surface area contributed by atoms with Crippen LogP contribution in [0.4, 0.5) is 0 Å². The second-order valence-corrected chi connectivity index (χ2v) is 4.93. The standard InChI is InChI=1S/C11H26N4.HI/c1-9(2)14-10(12-5)13-8-11(3,4)15(6)7;/h9H,8H2,1-7H3,(H2,12,13,14);1H. The van der Waals surface area contributed by atoms with Crippen LogP contribution >= 0.6 is 24.0 Å². The van der Waals surface area contributed by atoms with Gasteiger partial charge in [-0.1, -0.05) is 0 Å². The lowest BCUT2D eigenvalue weighted by atomic mass is 10.0. The van der Waals surface area contributed by atoms with Gasteiger partial charge in [0, 0.05) is 25.2 Å². The van der Waals surface area contributed by atoms with Gasteiger partial charge in [-0.05, 0) is 41.8 Å². The van der Waals surface area contributed by atoms with E-state index in [-0.39, 0.29) is 29.5 Å². The molecule has 0 bridgehead atoms. The van der Waals surface area contributed by atoms with Gasteiger partial charge >= 0.3 is 0 Å². The third kappa shape index (κ3) is 7.27. The molecular weight excluding hydrogens is 315 g/mol. The minimum atomic E-state index is 0. The Labute approximate surface area is 117 Å². The van der Waals surface area contributed by atoms with Crippen LogP contribution in [0.25, 0.3) is 0 Å². The molecule has 0 fully saturated rings. The highest BCUT2D eigenvalue weighted by molar-refractivity contribution is 14.0. The lowest BCUT2D eigenvalue weighted by Crippen LogP contribution is -2.51. The van der Waals surface area contributed by atoms with E-state index >= 15 is 0 Å². The summed E-state index contributed by atoms with van der Waals surface area (Å²) in [4.78, 5) is 6.36. The molecule has 2 N–H and O–H groups in total. The molecule has 16 heavy (non-hydrogen) atoms. The molecule has 0 aliphatic rings. The van der Waals surface area contributed by atoms with Crippen LogP contribution in [-0.2, 0) is 0 Å². The maximum Gasteiger partial charge on any atom is 0.191 e. The number of hydrogen-bond acceptors (Lipinski definition) is 2. The van der Waals surface area contributed by atoms with E-state index in [1.165, 1.54) is 0 Å². The molecule has 4 nitrogen and oxygen atoms in total. The van der Waals surface area contributed by atoms with Gasteiger partial charge in [-0.3, -0.25) is 4.99 Å². The zero-order valence-electron chi connectivity index (χ0n) is 11.6. The molecule has 0 saturated heterocycles. The van der Waals surface area contributed by atoms with Crippen molar-refractivity contribution in [2.24, 2.45) is 4.99 Å². The van der Waals surface area contributed by atoms with Crippen LogP contribution in [0.3, 0.4) is 0 Å². The first-order valence-corrected chi connectivity index (χ1v) is 5.44. The van der Waals surface area contributed by atoms with Crippen LogP contribution in [0.5, 0.6) is 0 Å². The fourth-order valence-corrected chi connectivity index (χ4v) is 0.926. The molecule has 0 aromatic rings. The molecule has 0 aromatic heterocycles. The first-order chi connectivity index (χ1) is 6.79. The third-order valence-corrected chi connectivity index (χ3v) is 2.55. The molecule has 0 aliphatic heterocycles. The van der Waals surface area contributed by atoms with Gasteiger partial charge < -0.3 is 15.5 Å². The molecule has 5 heteroatoms. The van der Waals surface area contributed by atoms with Crippen molar-refractivity contribution < 1.29 is 0 Å². The predicted molar refractivity (Wildman–Crippen MR) is 82.8 cm³/mol. The van der Waals surface area contributed by atoms with Crippen LogP contribution in [-0.4, -0.2) is 50.1 Å². The molecule has 0 saturated carbocycles. The molecule has 0 spiro atoms. The van der Waals surface area contributed by atoms with E-state index in [0.717, 1.165) is 12.5 Å². The Balaban J connectivity index is 0. The van der Waals surface area contributed by atoms with Gasteiger partial charge in [0.2, 0.25) is 0 Å². The molecule has 0 radical (unpaired) electrons. The number of halogens is 1. The summed E-state index contributed by atoms with van der Waals surface area (Å²) in [7, 11) is 5.96. The Morgan fingerprint density at radius 1 is 1.31 bits per heavy atom. The molecular formula is C11H27IN4. The zero-order chi connectivity index (χ0) is 12.1. The minimum absolute atomic E-state index is 0. The average molecular weight is 342 g/mol. The highest BCUT2D eigenvalue weighted by Crippen LogP contribution is 2.07. The number of hydrogen-bond donors (Lipinski definition) is 2. The van der Waals surface area contributed by atoms with Gasteiger partial charge in [-0.15, -0.1) is 24.0 Å². The summed E-state index contributed by atoms with van der Waals surface area (Å²) in [5.74, 6) is 0.861. The minimum Gasteiger partial charge on any atom is -0.355 e. The second kappa shape index (κ2) is 8.11. The fraction of sp³-hybridized carbons (Fsp3) is 0.909. The molecule has 0 atom stereocenters. The predicted octanol–water partition coefficient (Wildman–Crippen LogP) is 1.52. The van der Waals surface area contributed by atoms with Crippen molar-refractivity contribution in [3.8, 4) is 0 Å². The summed E-state index contributed by atoms with van der Waals surface area (Å²) in [5, 5.41) is 6.58. The Kier molecular flexibility index (Phi) is 9.29. The normalized spacial score (nSPS) is 12.7. The Hall–Kier alpha value is -0.0400. The first kappa shape index (κ1) is 18.3. The van der Waals surface area contributed by atoms with Crippen molar-refractivity contribution in [2.45, 2.75) is 39.3 Å². The zero-order valence-corrected chi connectivity index (χ0v) is 13.9. The van der Waals surface area contributed by atoms with Crippen LogP contribution < -0.4 is 10.6 Å². The molecule has 0 aromatic carbocycles. The maximum atomic E-state index is 4.17. The summed E-state index contributed by atoms with van der Waals surface area (Å²) >= 11 is 0. The number of guanidine groups is 1. The van der Waals surface area contributed by atoms with Crippen molar-refractivity contribution in [3.63, 3.8) is 0 Å². The van der Waals surface area contributed by atoms with E-state index in [1.54, 1.807) is 7.05 Å². The van der Waals surface area contributed by atoms with Gasteiger partial charge in [0.25, 0.3) is 0 Å². The van der Waals surface area contributed by atoms with Crippen molar-refractivity contribution in [2.75, 3.05) is 27.7 Å². The highest BCUT2D eigenvalue weighted by atomic mass is 127. The summed E-state index contributed by atoms with van der Waals surface area (Å²) < 4.78 is 0. The lowest BCUT2D eigenvalue weighted by Gasteiger charge is -2.33. The molecule has 0 aliphatic carbocycles. The van der Waals surface area contributed by atoms with E-state index in [1.807, 2.05) is 0 Å². The monoisotopic (exact) mass is 342 g/mol. The van der Waals surface area contributed by atoms with E-state index in [2.05, 4.69) is 62.3 Å². The summed E-state index contributed by atoms with van der Waals surface area (Å²) in [6, 6.07) is 0.402.